The third kappa shape index (κ3) is 1.13. The van der Waals surface area contributed by atoms with E-state index in [0.717, 1.165) is 0 Å². The summed E-state index contributed by atoms with van der Waals surface area (Å²) in [5.41, 5.74) is 3.55. The number of nitrogens with two attached hydrogens (primary N) is 1. The summed E-state index contributed by atoms with van der Waals surface area (Å²) in [6.07, 6.45) is 0. The zero-order chi connectivity index (χ0) is 10.1. The second-order valence-electron chi connectivity index (χ2n) is 2.93. The average molecular weight is 194 g/mol. The molecule has 0 fully saturated rings. The minimum Gasteiger partial charge on any atom is -0.307 e. The van der Waals surface area contributed by atoms with E-state index in [0.29, 0.717) is 23.5 Å². The molecule has 0 aliphatic rings. The van der Waals surface area contributed by atoms with Crippen molar-refractivity contribution in [3.8, 4) is 0 Å². The minimum atomic E-state index is -0.279. The summed E-state index contributed by atoms with van der Waals surface area (Å²) >= 11 is 0. The van der Waals surface area contributed by atoms with Gasteiger partial charge in [0, 0.05) is 6.54 Å². The van der Waals surface area contributed by atoms with Gasteiger partial charge in [-0.2, -0.15) is 0 Å². The molecular weight excluding hydrogens is 183 g/mol. The Morgan fingerprint density at radius 1 is 1.57 bits per heavy atom. The lowest BCUT2D eigenvalue weighted by molar-refractivity contribution is 0.627. The Morgan fingerprint density at radius 3 is 3.00 bits per heavy atom. The maximum Gasteiger partial charge on any atom is 0.218 e. The summed E-state index contributed by atoms with van der Waals surface area (Å²) in [6.45, 7) is 2.53. The van der Waals surface area contributed by atoms with E-state index in [1.807, 2.05) is 6.92 Å². The van der Waals surface area contributed by atoms with E-state index >= 15 is 0 Å². The van der Waals surface area contributed by atoms with Crippen molar-refractivity contribution in [3.63, 3.8) is 0 Å². The number of hydrogen-bond acceptors (Lipinski definition) is 3. The van der Waals surface area contributed by atoms with Gasteiger partial charge in [0.25, 0.3) is 0 Å². The Bertz CT molecular complexity index is 463. The predicted octanol–water partition coefficient (Wildman–Crippen LogP) is 1.48. The smallest absolute Gasteiger partial charge is 0.218 e. The maximum atomic E-state index is 13.5. The fraction of sp³-hybridized carbons (Fsp3) is 0.222. The van der Waals surface area contributed by atoms with Crippen LogP contribution in [0.2, 0.25) is 0 Å². The van der Waals surface area contributed by atoms with Gasteiger partial charge in [-0.15, -0.1) is 0 Å². The highest BCUT2D eigenvalue weighted by Gasteiger charge is 2.11. The number of nitrogens with zero attached hydrogens (tertiary/aromatic N) is 2. The Kier molecular flexibility index (Phi) is 2.09. The van der Waals surface area contributed by atoms with Crippen LogP contribution in [0.5, 0.6) is 0 Å². The Morgan fingerprint density at radius 2 is 2.36 bits per heavy atom. The van der Waals surface area contributed by atoms with Gasteiger partial charge in [-0.1, -0.05) is 6.07 Å². The molecule has 0 radical (unpaired) electrons. The third-order valence-corrected chi connectivity index (χ3v) is 2.16. The van der Waals surface area contributed by atoms with Gasteiger partial charge in [0.1, 0.15) is 11.3 Å². The Labute approximate surface area is 80.5 Å². The van der Waals surface area contributed by atoms with E-state index in [4.69, 9.17) is 5.84 Å². The molecule has 5 heteroatoms. The van der Waals surface area contributed by atoms with Crippen molar-refractivity contribution in [1.82, 2.24) is 9.55 Å². The Balaban J connectivity index is 2.81. The van der Waals surface area contributed by atoms with Crippen LogP contribution in [0.3, 0.4) is 0 Å². The summed E-state index contributed by atoms with van der Waals surface area (Å²) in [4.78, 5) is 4.15. The normalized spacial score (nSPS) is 10.8. The second kappa shape index (κ2) is 3.26. The highest BCUT2D eigenvalue weighted by Crippen LogP contribution is 2.21. The molecule has 0 spiro atoms. The minimum absolute atomic E-state index is 0.279. The number of nitrogen functional groups attached to an aromatic ring is 1. The number of hydrogen-bond donors (Lipinski definition) is 2. The van der Waals surface area contributed by atoms with Gasteiger partial charge in [0.2, 0.25) is 5.95 Å². The molecular formula is C9H11FN4. The van der Waals surface area contributed by atoms with Crippen molar-refractivity contribution in [2.24, 2.45) is 5.84 Å². The zero-order valence-corrected chi connectivity index (χ0v) is 7.79. The number of aryl methyl sites for hydroxylation is 1. The first-order chi connectivity index (χ1) is 6.77. The van der Waals surface area contributed by atoms with Crippen LogP contribution in [0, 0.1) is 5.82 Å². The SMILES string of the molecule is CCn1c(NN)nc2cccc(F)c21. The van der Waals surface area contributed by atoms with Crippen LogP contribution >= 0.6 is 0 Å². The average Bonchev–Trinajstić information content (AvgIpc) is 2.56. The number of fused-ring (bicyclic) bond motifs is 1. The van der Waals surface area contributed by atoms with E-state index in [1.165, 1.54) is 6.07 Å². The fourth-order valence-electron chi connectivity index (χ4n) is 1.56. The van der Waals surface area contributed by atoms with Gasteiger partial charge in [-0.05, 0) is 19.1 Å². The number of rotatable bonds is 2. The van der Waals surface area contributed by atoms with Crippen LogP contribution in [0.4, 0.5) is 10.3 Å². The first-order valence-corrected chi connectivity index (χ1v) is 4.39. The van der Waals surface area contributed by atoms with Gasteiger partial charge < -0.3 is 4.57 Å². The first-order valence-electron chi connectivity index (χ1n) is 4.39. The molecule has 2 rings (SSSR count). The molecule has 1 aromatic heterocycles. The molecule has 0 bridgehead atoms. The maximum absolute atomic E-state index is 13.5. The molecule has 0 amide bonds. The van der Waals surface area contributed by atoms with Crippen molar-refractivity contribution in [2.45, 2.75) is 13.5 Å². The largest absolute Gasteiger partial charge is 0.307 e. The van der Waals surface area contributed by atoms with Crippen LogP contribution < -0.4 is 11.3 Å². The number of anilines is 1. The molecule has 3 N–H and O–H groups in total. The number of nitrogens with one attached hydrogen (secondary N) is 1. The number of benzene rings is 1. The number of halogens is 1. The van der Waals surface area contributed by atoms with Gasteiger partial charge in [-0.3, -0.25) is 5.43 Å². The summed E-state index contributed by atoms with van der Waals surface area (Å²) in [6, 6.07) is 4.80. The first kappa shape index (κ1) is 8.96. The van der Waals surface area contributed by atoms with Crippen LogP contribution in [0.1, 0.15) is 6.92 Å². The molecule has 1 aromatic carbocycles. The van der Waals surface area contributed by atoms with E-state index < -0.39 is 0 Å². The van der Waals surface area contributed by atoms with E-state index in [2.05, 4.69) is 10.4 Å². The lowest BCUT2D eigenvalue weighted by Crippen LogP contribution is -2.12. The molecule has 0 unspecified atom stereocenters. The number of aromatic nitrogens is 2. The van der Waals surface area contributed by atoms with Gasteiger partial charge in [0.15, 0.2) is 0 Å². The summed E-state index contributed by atoms with van der Waals surface area (Å²) in [5, 5.41) is 0. The van der Waals surface area contributed by atoms with Crippen molar-refractivity contribution in [2.75, 3.05) is 5.43 Å². The molecule has 2 aromatic rings. The molecule has 0 aliphatic heterocycles. The van der Waals surface area contributed by atoms with E-state index in [9.17, 15) is 4.39 Å². The van der Waals surface area contributed by atoms with E-state index in [1.54, 1.807) is 16.7 Å². The van der Waals surface area contributed by atoms with Crippen molar-refractivity contribution in [1.29, 1.82) is 0 Å². The highest BCUT2D eigenvalue weighted by atomic mass is 19.1. The van der Waals surface area contributed by atoms with Crippen LogP contribution in [0.25, 0.3) is 11.0 Å². The van der Waals surface area contributed by atoms with Crippen LogP contribution in [-0.2, 0) is 6.54 Å². The molecule has 14 heavy (non-hydrogen) atoms. The predicted molar refractivity (Wildman–Crippen MR) is 53.2 cm³/mol. The van der Waals surface area contributed by atoms with Crippen molar-refractivity contribution in [3.05, 3.63) is 24.0 Å². The second-order valence-corrected chi connectivity index (χ2v) is 2.93. The summed E-state index contributed by atoms with van der Waals surface area (Å²) in [5.74, 6) is 5.48. The third-order valence-electron chi connectivity index (χ3n) is 2.16. The molecule has 4 nitrogen and oxygen atoms in total. The van der Waals surface area contributed by atoms with E-state index in [-0.39, 0.29) is 5.82 Å². The fourth-order valence-corrected chi connectivity index (χ4v) is 1.56. The molecule has 0 atom stereocenters. The van der Waals surface area contributed by atoms with Gasteiger partial charge in [0.05, 0.1) is 5.52 Å². The standard InChI is InChI=1S/C9H11FN4/c1-2-14-8-6(10)4-3-5-7(8)12-9(14)13-11/h3-5H,2,11H2,1H3,(H,12,13). The number of imidazole rings is 1. The molecule has 74 valence electrons. The van der Waals surface area contributed by atoms with Gasteiger partial charge >= 0.3 is 0 Å². The lowest BCUT2D eigenvalue weighted by Gasteiger charge is -2.04. The van der Waals surface area contributed by atoms with Crippen molar-refractivity contribution < 1.29 is 4.39 Å². The molecule has 0 saturated carbocycles. The Hall–Kier alpha value is -1.62. The zero-order valence-electron chi connectivity index (χ0n) is 7.79. The molecule has 0 saturated heterocycles. The molecule has 0 aliphatic carbocycles. The highest BCUT2D eigenvalue weighted by molar-refractivity contribution is 5.79. The number of hydrazine groups is 1. The van der Waals surface area contributed by atoms with Crippen LogP contribution in [-0.4, -0.2) is 9.55 Å². The topological polar surface area (TPSA) is 55.9 Å². The van der Waals surface area contributed by atoms with Gasteiger partial charge in [-0.25, -0.2) is 15.2 Å². The summed E-state index contributed by atoms with van der Waals surface area (Å²) < 4.78 is 15.2. The quantitative estimate of drug-likeness (QED) is 0.562. The summed E-state index contributed by atoms with van der Waals surface area (Å²) in [7, 11) is 0. The molecule has 1 heterocycles. The monoisotopic (exact) mass is 194 g/mol. The lowest BCUT2D eigenvalue weighted by atomic mass is 10.3. The number of para-hydroxylation sites is 1. The van der Waals surface area contributed by atoms with Crippen molar-refractivity contribution >= 4 is 17.0 Å². The van der Waals surface area contributed by atoms with Crippen LogP contribution in [0.15, 0.2) is 18.2 Å².